The van der Waals surface area contributed by atoms with Crippen LogP contribution in [0.2, 0.25) is 0 Å². The summed E-state index contributed by atoms with van der Waals surface area (Å²) in [5, 5.41) is 1.44. The van der Waals surface area contributed by atoms with Gasteiger partial charge in [-0.3, -0.25) is 0 Å². The van der Waals surface area contributed by atoms with Gasteiger partial charge in [-0.05, 0) is 44.1 Å². The van der Waals surface area contributed by atoms with Gasteiger partial charge in [0.25, 0.3) is 0 Å². The first kappa shape index (κ1) is 13.2. The Labute approximate surface area is 110 Å². The monoisotopic (exact) mass is 244 g/mol. The number of rotatable bonds is 1. The van der Waals surface area contributed by atoms with E-state index in [1.54, 1.807) is 0 Å². The minimum absolute atomic E-state index is 0. The number of likely N-dealkylation sites (N-methyl/N-ethyl adjacent to an activating group) is 1. The molecule has 2 nitrogen and oxygen atoms in total. The van der Waals surface area contributed by atoms with Crippen LogP contribution in [0.5, 0.6) is 0 Å². The lowest BCUT2D eigenvalue weighted by Gasteiger charge is -2.24. The fourth-order valence-corrected chi connectivity index (χ4v) is 3.25. The van der Waals surface area contributed by atoms with Crippen LogP contribution in [0.15, 0.2) is 24.4 Å². The zero-order valence-electron chi connectivity index (χ0n) is 10.9. The maximum atomic E-state index is 3.43. The van der Waals surface area contributed by atoms with Crippen LogP contribution in [0.1, 0.15) is 31.9 Å². The standard InChI is InChI=1S/C15H20N2.CH4/c1-11-5-4-6-13-14(11)12(9-16-13)15(2)7-8-17(3)10-15;/h4-6,9,16H,7-8,10H2,1-3H3;1H4. The van der Waals surface area contributed by atoms with E-state index in [1.165, 1.54) is 35.0 Å². The van der Waals surface area contributed by atoms with Crippen molar-refractivity contribution in [3.8, 4) is 0 Å². The summed E-state index contributed by atoms with van der Waals surface area (Å²) in [7, 11) is 2.22. The average Bonchev–Trinajstić information content (AvgIpc) is 2.84. The number of aryl methyl sites for hydroxylation is 1. The fourth-order valence-electron chi connectivity index (χ4n) is 3.25. The highest BCUT2D eigenvalue weighted by atomic mass is 15.1. The Morgan fingerprint density at radius 3 is 2.78 bits per heavy atom. The fraction of sp³-hybridized carbons (Fsp3) is 0.500. The van der Waals surface area contributed by atoms with Gasteiger partial charge in [0, 0.05) is 29.1 Å². The topological polar surface area (TPSA) is 19.0 Å². The van der Waals surface area contributed by atoms with E-state index < -0.39 is 0 Å². The molecule has 1 atom stereocenters. The van der Waals surface area contributed by atoms with Gasteiger partial charge in [0.05, 0.1) is 0 Å². The van der Waals surface area contributed by atoms with E-state index in [0.29, 0.717) is 5.41 Å². The molecular formula is C16H24N2. The van der Waals surface area contributed by atoms with Crippen molar-refractivity contribution in [2.45, 2.75) is 33.1 Å². The largest absolute Gasteiger partial charge is 0.361 e. The van der Waals surface area contributed by atoms with E-state index >= 15 is 0 Å². The summed E-state index contributed by atoms with van der Waals surface area (Å²) in [6.45, 7) is 6.97. The minimum Gasteiger partial charge on any atom is -0.361 e. The molecule has 2 aromatic rings. The van der Waals surface area contributed by atoms with Crippen molar-refractivity contribution < 1.29 is 0 Å². The molecule has 0 spiro atoms. The molecule has 18 heavy (non-hydrogen) atoms. The Balaban J connectivity index is 0.00000120. The van der Waals surface area contributed by atoms with Crippen molar-refractivity contribution in [3.63, 3.8) is 0 Å². The molecule has 1 unspecified atom stereocenters. The van der Waals surface area contributed by atoms with Gasteiger partial charge in [-0.2, -0.15) is 0 Å². The average molecular weight is 244 g/mol. The summed E-state index contributed by atoms with van der Waals surface area (Å²) in [6.07, 6.45) is 3.47. The molecule has 1 aliphatic rings. The van der Waals surface area contributed by atoms with Gasteiger partial charge < -0.3 is 9.88 Å². The van der Waals surface area contributed by atoms with Gasteiger partial charge >= 0.3 is 0 Å². The molecule has 0 amide bonds. The maximum absolute atomic E-state index is 3.43. The lowest BCUT2D eigenvalue weighted by atomic mass is 9.81. The minimum atomic E-state index is 0. The van der Waals surface area contributed by atoms with E-state index in [9.17, 15) is 0 Å². The van der Waals surface area contributed by atoms with Crippen LogP contribution in [0.3, 0.4) is 0 Å². The Hall–Kier alpha value is -1.28. The van der Waals surface area contributed by atoms with Crippen LogP contribution in [0.25, 0.3) is 10.9 Å². The predicted molar refractivity (Wildman–Crippen MR) is 79.2 cm³/mol. The number of likely N-dealkylation sites (tertiary alicyclic amines) is 1. The van der Waals surface area contributed by atoms with Crippen LogP contribution >= 0.6 is 0 Å². The Kier molecular flexibility index (Phi) is 3.24. The molecule has 1 saturated heterocycles. The van der Waals surface area contributed by atoms with Crippen LogP contribution < -0.4 is 0 Å². The summed E-state index contributed by atoms with van der Waals surface area (Å²) in [5.41, 5.74) is 4.46. The van der Waals surface area contributed by atoms with Gasteiger partial charge in [-0.1, -0.05) is 26.5 Å². The summed E-state index contributed by atoms with van der Waals surface area (Å²) >= 11 is 0. The Morgan fingerprint density at radius 1 is 1.33 bits per heavy atom. The lowest BCUT2D eigenvalue weighted by Crippen LogP contribution is -2.25. The van der Waals surface area contributed by atoms with E-state index in [-0.39, 0.29) is 7.43 Å². The quantitative estimate of drug-likeness (QED) is 0.810. The molecule has 1 aromatic carbocycles. The third kappa shape index (κ3) is 1.85. The third-order valence-corrected chi connectivity index (χ3v) is 4.23. The summed E-state index contributed by atoms with van der Waals surface area (Å²) in [5.74, 6) is 0. The van der Waals surface area contributed by atoms with Gasteiger partial charge in [0.2, 0.25) is 0 Å². The van der Waals surface area contributed by atoms with Crippen LogP contribution in [0.4, 0.5) is 0 Å². The predicted octanol–water partition coefficient (Wildman–Crippen LogP) is 3.71. The van der Waals surface area contributed by atoms with Crippen LogP contribution in [-0.2, 0) is 5.41 Å². The summed E-state index contributed by atoms with van der Waals surface area (Å²) in [4.78, 5) is 5.86. The highest BCUT2D eigenvalue weighted by Crippen LogP contribution is 2.38. The molecule has 2 heteroatoms. The number of nitrogens with one attached hydrogen (secondary N) is 1. The number of fused-ring (bicyclic) bond motifs is 1. The smallest absolute Gasteiger partial charge is 0.0459 e. The zero-order valence-corrected chi connectivity index (χ0v) is 10.9. The summed E-state index contributed by atoms with van der Waals surface area (Å²) in [6, 6.07) is 6.51. The molecule has 0 saturated carbocycles. The number of hydrogen-bond acceptors (Lipinski definition) is 1. The molecule has 1 aliphatic heterocycles. The second-order valence-corrected chi connectivity index (χ2v) is 5.75. The normalized spacial score (nSPS) is 24.4. The maximum Gasteiger partial charge on any atom is 0.0459 e. The number of H-pyrrole nitrogens is 1. The van der Waals surface area contributed by atoms with E-state index in [4.69, 9.17) is 0 Å². The van der Waals surface area contributed by atoms with E-state index in [2.05, 4.69) is 55.2 Å². The molecule has 0 radical (unpaired) electrons. The van der Waals surface area contributed by atoms with Crippen molar-refractivity contribution in [1.29, 1.82) is 0 Å². The highest BCUT2D eigenvalue weighted by molar-refractivity contribution is 5.87. The molecular weight excluding hydrogens is 220 g/mol. The van der Waals surface area contributed by atoms with Gasteiger partial charge in [0.15, 0.2) is 0 Å². The lowest BCUT2D eigenvalue weighted by molar-refractivity contribution is 0.382. The van der Waals surface area contributed by atoms with Crippen molar-refractivity contribution >= 4 is 10.9 Å². The molecule has 1 aromatic heterocycles. The van der Waals surface area contributed by atoms with Gasteiger partial charge in [-0.15, -0.1) is 0 Å². The number of aromatic nitrogens is 1. The summed E-state index contributed by atoms with van der Waals surface area (Å²) < 4.78 is 0. The van der Waals surface area contributed by atoms with Crippen molar-refractivity contribution in [1.82, 2.24) is 9.88 Å². The van der Waals surface area contributed by atoms with Crippen LogP contribution in [-0.4, -0.2) is 30.0 Å². The highest BCUT2D eigenvalue weighted by Gasteiger charge is 2.35. The number of nitrogens with zero attached hydrogens (tertiary/aromatic N) is 1. The third-order valence-electron chi connectivity index (χ3n) is 4.23. The second-order valence-electron chi connectivity index (χ2n) is 5.75. The van der Waals surface area contributed by atoms with Gasteiger partial charge in [-0.25, -0.2) is 0 Å². The molecule has 0 aliphatic carbocycles. The molecule has 3 rings (SSSR count). The number of hydrogen-bond donors (Lipinski definition) is 1. The number of benzene rings is 1. The number of aromatic amines is 1. The molecule has 1 N–H and O–H groups in total. The molecule has 98 valence electrons. The van der Waals surface area contributed by atoms with E-state index in [0.717, 1.165) is 6.54 Å². The molecule has 0 bridgehead atoms. The molecule has 1 fully saturated rings. The second kappa shape index (κ2) is 4.43. The zero-order chi connectivity index (χ0) is 12.0. The van der Waals surface area contributed by atoms with Crippen LogP contribution in [0, 0.1) is 6.92 Å². The first-order valence-electron chi connectivity index (χ1n) is 6.36. The first-order chi connectivity index (χ1) is 8.10. The Bertz CT molecular complexity index is 555. The first-order valence-corrected chi connectivity index (χ1v) is 6.36. The van der Waals surface area contributed by atoms with Gasteiger partial charge in [0.1, 0.15) is 0 Å². The van der Waals surface area contributed by atoms with Crippen molar-refractivity contribution in [3.05, 3.63) is 35.5 Å². The SMILES string of the molecule is C.Cc1cccc2[nH]cc(C3(C)CCN(C)C3)c12. The molecule has 2 heterocycles. The Morgan fingerprint density at radius 2 is 2.11 bits per heavy atom. The van der Waals surface area contributed by atoms with E-state index in [1.807, 2.05) is 0 Å². The van der Waals surface area contributed by atoms with Crippen molar-refractivity contribution in [2.24, 2.45) is 0 Å². The van der Waals surface area contributed by atoms with Crippen molar-refractivity contribution in [2.75, 3.05) is 20.1 Å².